The number of rotatable bonds is 3. The molecule has 0 unspecified atom stereocenters. The summed E-state index contributed by atoms with van der Waals surface area (Å²) in [5.74, 6) is -0.376. The van der Waals surface area contributed by atoms with Gasteiger partial charge in [-0.2, -0.15) is 0 Å². The number of piperidine rings is 1. The molecular formula is C11H17FN2. The summed E-state index contributed by atoms with van der Waals surface area (Å²) < 4.78 is 13.4. The Labute approximate surface area is 84.6 Å². The van der Waals surface area contributed by atoms with Crippen molar-refractivity contribution in [2.75, 3.05) is 13.1 Å². The Morgan fingerprint density at radius 2 is 1.79 bits per heavy atom. The van der Waals surface area contributed by atoms with Crippen LogP contribution >= 0.6 is 0 Å². The summed E-state index contributed by atoms with van der Waals surface area (Å²) in [6, 6.07) is 0. The second-order valence-electron chi connectivity index (χ2n) is 3.56. The highest BCUT2D eigenvalue weighted by atomic mass is 19.1. The third-order valence-electron chi connectivity index (χ3n) is 2.33. The summed E-state index contributed by atoms with van der Waals surface area (Å²) in [5.41, 5.74) is 5.94. The Hall–Kier alpha value is -1.25. The lowest BCUT2D eigenvalue weighted by Crippen LogP contribution is -2.28. The fourth-order valence-corrected chi connectivity index (χ4v) is 1.56. The molecule has 1 aliphatic heterocycles. The standard InChI is InChI=1S/C11H17FN2/c1-9(13)8-11(12)10(2)14-6-4-3-5-7-14/h8H,1-7,13H2/b11-8+. The van der Waals surface area contributed by atoms with Gasteiger partial charge in [-0.05, 0) is 25.3 Å². The first-order valence-electron chi connectivity index (χ1n) is 4.87. The molecule has 0 spiro atoms. The first kappa shape index (κ1) is 10.8. The summed E-state index contributed by atoms with van der Waals surface area (Å²) in [6.45, 7) is 8.91. The Morgan fingerprint density at radius 3 is 2.29 bits per heavy atom. The van der Waals surface area contributed by atoms with Crippen LogP contribution in [0.2, 0.25) is 0 Å². The Morgan fingerprint density at radius 1 is 1.21 bits per heavy atom. The lowest BCUT2D eigenvalue weighted by atomic mass is 10.1. The van der Waals surface area contributed by atoms with Crippen molar-refractivity contribution in [1.82, 2.24) is 4.90 Å². The monoisotopic (exact) mass is 196 g/mol. The van der Waals surface area contributed by atoms with Crippen molar-refractivity contribution in [3.63, 3.8) is 0 Å². The third kappa shape index (κ3) is 2.91. The number of allylic oxidation sites excluding steroid dienone is 2. The van der Waals surface area contributed by atoms with E-state index < -0.39 is 0 Å². The second kappa shape index (κ2) is 4.84. The first-order chi connectivity index (χ1) is 6.61. The van der Waals surface area contributed by atoms with Gasteiger partial charge in [-0.1, -0.05) is 13.2 Å². The number of nitrogens with two attached hydrogens (primary N) is 1. The minimum atomic E-state index is -0.376. The van der Waals surface area contributed by atoms with Gasteiger partial charge >= 0.3 is 0 Å². The van der Waals surface area contributed by atoms with Crippen LogP contribution in [0, 0.1) is 0 Å². The molecule has 0 saturated carbocycles. The molecule has 0 aromatic rings. The fourth-order valence-electron chi connectivity index (χ4n) is 1.56. The fraction of sp³-hybridized carbons (Fsp3) is 0.455. The molecule has 2 N–H and O–H groups in total. The van der Waals surface area contributed by atoms with E-state index >= 15 is 0 Å². The average Bonchev–Trinajstić information content (AvgIpc) is 2.17. The van der Waals surface area contributed by atoms with E-state index in [4.69, 9.17) is 5.73 Å². The van der Waals surface area contributed by atoms with Crippen LogP contribution in [0.5, 0.6) is 0 Å². The first-order valence-corrected chi connectivity index (χ1v) is 4.87. The molecule has 78 valence electrons. The molecule has 1 saturated heterocycles. The number of likely N-dealkylation sites (tertiary alicyclic amines) is 1. The lowest BCUT2D eigenvalue weighted by molar-refractivity contribution is 0.281. The van der Waals surface area contributed by atoms with Crippen LogP contribution in [0.3, 0.4) is 0 Å². The molecule has 3 heteroatoms. The minimum Gasteiger partial charge on any atom is -0.399 e. The molecule has 0 aliphatic carbocycles. The highest BCUT2D eigenvalue weighted by Crippen LogP contribution is 2.20. The highest BCUT2D eigenvalue weighted by molar-refractivity contribution is 5.27. The van der Waals surface area contributed by atoms with Gasteiger partial charge in [0.05, 0.1) is 5.70 Å². The molecule has 0 aromatic heterocycles. The zero-order chi connectivity index (χ0) is 10.6. The van der Waals surface area contributed by atoms with Crippen molar-refractivity contribution in [3.05, 3.63) is 36.5 Å². The van der Waals surface area contributed by atoms with E-state index in [-0.39, 0.29) is 11.5 Å². The van der Waals surface area contributed by atoms with Crippen molar-refractivity contribution in [2.24, 2.45) is 5.73 Å². The smallest absolute Gasteiger partial charge is 0.147 e. The second-order valence-corrected chi connectivity index (χ2v) is 3.56. The number of hydrogen-bond donors (Lipinski definition) is 1. The van der Waals surface area contributed by atoms with Crippen molar-refractivity contribution < 1.29 is 4.39 Å². The largest absolute Gasteiger partial charge is 0.399 e. The number of hydrogen-bond acceptors (Lipinski definition) is 2. The topological polar surface area (TPSA) is 29.3 Å². The average molecular weight is 196 g/mol. The zero-order valence-corrected chi connectivity index (χ0v) is 8.43. The van der Waals surface area contributed by atoms with Crippen LogP contribution in [-0.4, -0.2) is 18.0 Å². The van der Waals surface area contributed by atoms with Crippen molar-refractivity contribution in [3.8, 4) is 0 Å². The van der Waals surface area contributed by atoms with Gasteiger partial charge in [0.1, 0.15) is 5.83 Å². The summed E-state index contributed by atoms with van der Waals surface area (Å²) in [6.07, 6.45) is 4.65. The van der Waals surface area contributed by atoms with Gasteiger partial charge in [-0.3, -0.25) is 0 Å². The number of nitrogens with zero attached hydrogens (tertiary/aromatic N) is 1. The molecule has 0 aromatic carbocycles. The molecule has 0 bridgehead atoms. The van der Waals surface area contributed by atoms with Gasteiger partial charge in [0.25, 0.3) is 0 Å². The maximum atomic E-state index is 13.4. The summed E-state index contributed by atoms with van der Waals surface area (Å²) in [7, 11) is 0. The summed E-state index contributed by atoms with van der Waals surface area (Å²) in [5, 5.41) is 0. The van der Waals surface area contributed by atoms with E-state index in [2.05, 4.69) is 13.2 Å². The molecule has 0 radical (unpaired) electrons. The van der Waals surface area contributed by atoms with Crippen molar-refractivity contribution in [1.29, 1.82) is 0 Å². The minimum absolute atomic E-state index is 0.223. The van der Waals surface area contributed by atoms with Crippen LogP contribution in [0.4, 0.5) is 4.39 Å². The quantitative estimate of drug-likeness (QED) is 0.702. The third-order valence-corrected chi connectivity index (χ3v) is 2.33. The molecule has 1 aliphatic rings. The molecule has 1 heterocycles. The Bertz CT molecular complexity index is 262. The van der Waals surface area contributed by atoms with Gasteiger partial charge in [-0.15, -0.1) is 0 Å². The van der Waals surface area contributed by atoms with E-state index in [1.807, 2.05) is 4.90 Å². The van der Waals surface area contributed by atoms with Crippen molar-refractivity contribution >= 4 is 0 Å². The maximum absolute atomic E-state index is 13.4. The summed E-state index contributed by atoms with van der Waals surface area (Å²) >= 11 is 0. The SMILES string of the molecule is C=C(N)/C=C(/F)C(=C)N1CCCCC1. The van der Waals surface area contributed by atoms with Gasteiger partial charge in [0.15, 0.2) is 0 Å². The zero-order valence-electron chi connectivity index (χ0n) is 8.43. The van der Waals surface area contributed by atoms with E-state index in [1.165, 1.54) is 12.5 Å². The van der Waals surface area contributed by atoms with Crippen LogP contribution in [0.15, 0.2) is 36.5 Å². The highest BCUT2D eigenvalue weighted by Gasteiger charge is 2.14. The summed E-state index contributed by atoms with van der Waals surface area (Å²) in [4.78, 5) is 1.96. The molecule has 0 amide bonds. The van der Waals surface area contributed by atoms with E-state index in [0.717, 1.165) is 25.9 Å². The maximum Gasteiger partial charge on any atom is 0.147 e. The van der Waals surface area contributed by atoms with Crippen LogP contribution in [-0.2, 0) is 0 Å². The van der Waals surface area contributed by atoms with Gasteiger partial charge < -0.3 is 10.6 Å². The molecule has 1 rings (SSSR count). The predicted molar refractivity (Wildman–Crippen MR) is 57.1 cm³/mol. The molecule has 14 heavy (non-hydrogen) atoms. The van der Waals surface area contributed by atoms with Crippen LogP contribution in [0.25, 0.3) is 0 Å². The number of halogens is 1. The lowest BCUT2D eigenvalue weighted by Gasteiger charge is -2.29. The normalized spacial score (nSPS) is 18.1. The van der Waals surface area contributed by atoms with Crippen LogP contribution < -0.4 is 5.73 Å². The Kier molecular flexibility index (Phi) is 3.74. The van der Waals surface area contributed by atoms with Crippen molar-refractivity contribution in [2.45, 2.75) is 19.3 Å². The molecule has 2 nitrogen and oxygen atoms in total. The predicted octanol–water partition coefficient (Wildman–Crippen LogP) is 2.31. The van der Waals surface area contributed by atoms with E-state index in [9.17, 15) is 4.39 Å². The van der Waals surface area contributed by atoms with E-state index in [0.29, 0.717) is 5.70 Å². The van der Waals surface area contributed by atoms with Crippen LogP contribution in [0.1, 0.15) is 19.3 Å². The molecule has 0 atom stereocenters. The molecule has 1 fully saturated rings. The Balaban J connectivity index is 2.59. The van der Waals surface area contributed by atoms with Gasteiger partial charge in [-0.25, -0.2) is 4.39 Å². The van der Waals surface area contributed by atoms with Gasteiger partial charge in [0.2, 0.25) is 0 Å². The molecular weight excluding hydrogens is 179 g/mol. The van der Waals surface area contributed by atoms with Gasteiger partial charge in [0, 0.05) is 18.8 Å². The van der Waals surface area contributed by atoms with E-state index in [1.54, 1.807) is 0 Å².